The Morgan fingerprint density at radius 3 is 2.50 bits per heavy atom. The molecular weight excluding hydrogens is 230 g/mol. The van der Waals surface area contributed by atoms with Gasteiger partial charge in [-0.2, -0.15) is 0 Å². The molecule has 0 fully saturated rings. The van der Waals surface area contributed by atoms with E-state index in [0.717, 1.165) is 11.1 Å². The van der Waals surface area contributed by atoms with Gasteiger partial charge >= 0.3 is 5.97 Å². The van der Waals surface area contributed by atoms with Crippen molar-refractivity contribution < 1.29 is 14.7 Å². The molecule has 0 aliphatic heterocycles. The van der Waals surface area contributed by atoms with E-state index in [0.29, 0.717) is 18.5 Å². The largest absolute Gasteiger partial charge is 0.481 e. The predicted octanol–water partition coefficient (Wildman–Crippen LogP) is 2.14. The number of rotatable bonds is 5. The molecular formula is C14H19NO3. The Hall–Kier alpha value is -1.84. The van der Waals surface area contributed by atoms with Crippen LogP contribution in [0.25, 0.3) is 0 Å². The third kappa shape index (κ3) is 3.87. The summed E-state index contributed by atoms with van der Waals surface area (Å²) < 4.78 is 0. The van der Waals surface area contributed by atoms with Crippen LogP contribution in [0.3, 0.4) is 0 Å². The summed E-state index contributed by atoms with van der Waals surface area (Å²) in [6.07, 6.45) is 0.436. The Labute approximate surface area is 107 Å². The zero-order valence-electron chi connectivity index (χ0n) is 11.0. The second kappa shape index (κ2) is 6.19. The first kappa shape index (κ1) is 14.2. The number of aryl methyl sites for hydroxylation is 2. The van der Waals surface area contributed by atoms with Crippen LogP contribution in [-0.4, -0.2) is 23.5 Å². The molecule has 0 aromatic heterocycles. The van der Waals surface area contributed by atoms with E-state index in [1.807, 2.05) is 26.0 Å². The molecule has 4 nitrogen and oxygen atoms in total. The maximum absolute atomic E-state index is 11.8. The molecule has 0 aliphatic carbocycles. The standard InChI is InChI=1S/C14H19NO3/c1-9-4-5-12(8-11(9)3)13(16)15-7-6-10(2)14(17)18/h4-5,8,10H,6-7H2,1-3H3,(H,15,16)(H,17,18). The number of benzene rings is 1. The van der Waals surface area contributed by atoms with Crippen LogP contribution in [0, 0.1) is 19.8 Å². The molecule has 1 atom stereocenters. The highest BCUT2D eigenvalue weighted by molar-refractivity contribution is 5.94. The number of carboxylic acids is 1. The molecule has 2 N–H and O–H groups in total. The second-order valence-electron chi connectivity index (χ2n) is 4.58. The fourth-order valence-electron chi connectivity index (χ4n) is 1.51. The number of carbonyl (C=O) groups excluding carboxylic acids is 1. The van der Waals surface area contributed by atoms with E-state index < -0.39 is 11.9 Å². The van der Waals surface area contributed by atoms with E-state index in [4.69, 9.17) is 5.11 Å². The molecule has 0 saturated carbocycles. The van der Waals surface area contributed by atoms with Gasteiger partial charge in [0, 0.05) is 12.1 Å². The van der Waals surface area contributed by atoms with E-state index in [9.17, 15) is 9.59 Å². The fourth-order valence-corrected chi connectivity index (χ4v) is 1.51. The molecule has 1 unspecified atom stereocenters. The lowest BCUT2D eigenvalue weighted by molar-refractivity contribution is -0.141. The highest BCUT2D eigenvalue weighted by Crippen LogP contribution is 2.09. The maximum Gasteiger partial charge on any atom is 0.306 e. The molecule has 0 aliphatic rings. The van der Waals surface area contributed by atoms with Crippen LogP contribution in [-0.2, 0) is 4.79 Å². The number of nitrogens with one attached hydrogen (secondary N) is 1. The molecule has 0 spiro atoms. The monoisotopic (exact) mass is 249 g/mol. The van der Waals surface area contributed by atoms with Crippen LogP contribution in [0.2, 0.25) is 0 Å². The molecule has 1 aromatic rings. The third-order valence-corrected chi connectivity index (χ3v) is 3.05. The fraction of sp³-hybridized carbons (Fsp3) is 0.429. The number of hydrogen-bond donors (Lipinski definition) is 2. The lowest BCUT2D eigenvalue weighted by atomic mass is 10.1. The number of amides is 1. The number of carbonyl (C=O) groups is 2. The summed E-state index contributed by atoms with van der Waals surface area (Å²) in [5.74, 6) is -1.43. The summed E-state index contributed by atoms with van der Waals surface area (Å²) >= 11 is 0. The number of aliphatic carboxylic acids is 1. The van der Waals surface area contributed by atoms with Crippen LogP contribution >= 0.6 is 0 Å². The topological polar surface area (TPSA) is 66.4 Å². The van der Waals surface area contributed by atoms with Crippen molar-refractivity contribution in [3.05, 3.63) is 34.9 Å². The normalized spacial score (nSPS) is 11.9. The van der Waals surface area contributed by atoms with Crippen LogP contribution in [0.1, 0.15) is 34.8 Å². The van der Waals surface area contributed by atoms with E-state index >= 15 is 0 Å². The van der Waals surface area contributed by atoms with Gasteiger partial charge in [-0.3, -0.25) is 9.59 Å². The lowest BCUT2D eigenvalue weighted by Crippen LogP contribution is -2.27. The minimum atomic E-state index is -0.838. The molecule has 4 heteroatoms. The Balaban J connectivity index is 2.50. The SMILES string of the molecule is Cc1ccc(C(=O)NCCC(C)C(=O)O)cc1C. The van der Waals surface area contributed by atoms with Gasteiger partial charge in [0.2, 0.25) is 0 Å². The lowest BCUT2D eigenvalue weighted by Gasteiger charge is -2.09. The highest BCUT2D eigenvalue weighted by atomic mass is 16.4. The Bertz CT molecular complexity index is 454. The van der Waals surface area contributed by atoms with Crippen LogP contribution in [0.5, 0.6) is 0 Å². The molecule has 0 bridgehead atoms. The van der Waals surface area contributed by atoms with Crippen molar-refractivity contribution in [2.45, 2.75) is 27.2 Å². The van der Waals surface area contributed by atoms with Crippen molar-refractivity contribution in [2.75, 3.05) is 6.54 Å². The van der Waals surface area contributed by atoms with Crippen molar-refractivity contribution >= 4 is 11.9 Å². The second-order valence-corrected chi connectivity index (χ2v) is 4.58. The van der Waals surface area contributed by atoms with E-state index in [1.165, 1.54) is 0 Å². The summed E-state index contributed by atoms with van der Waals surface area (Å²) in [4.78, 5) is 22.4. The Morgan fingerprint density at radius 1 is 1.28 bits per heavy atom. The van der Waals surface area contributed by atoms with Gasteiger partial charge in [-0.1, -0.05) is 13.0 Å². The molecule has 98 valence electrons. The van der Waals surface area contributed by atoms with E-state index in [-0.39, 0.29) is 5.91 Å². The van der Waals surface area contributed by atoms with Gasteiger partial charge in [-0.25, -0.2) is 0 Å². The van der Waals surface area contributed by atoms with Crippen molar-refractivity contribution in [1.82, 2.24) is 5.32 Å². The minimum Gasteiger partial charge on any atom is -0.481 e. The quantitative estimate of drug-likeness (QED) is 0.840. The van der Waals surface area contributed by atoms with Crippen molar-refractivity contribution in [3.63, 3.8) is 0 Å². The zero-order chi connectivity index (χ0) is 13.7. The maximum atomic E-state index is 11.8. The summed E-state index contributed by atoms with van der Waals surface area (Å²) in [7, 11) is 0. The average Bonchev–Trinajstić information content (AvgIpc) is 2.32. The van der Waals surface area contributed by atoms with Crippen molar-refractivity contribution in [2.24, 2.45) is 5.92 Å². The Kier molecular flexibility index (Phi) is 4.89. The predicted molar refractivity (Wildman–Crippen MR) is 69.7 cm³/mol. The first-order valence-corrected chi connectivity index (χ1v) is 6.00. The van der Waals surface area contributed by atoms with Crippen LogP contribution in [0.15, 0.2) is 18.2 Å². The van der Waals surface area contributed by atoms with Gasteiger partial charge in [-0.15, -0.1) is 0 Å². The molecule has 1 aromatic carbocycles. The molecule has 1 rings (SSSR count). The average molecular weight is 249 g/mol. The Morgan fingerprint density at radius 2 is 1.94 bits per heavy atom. The summed E-state index contributed by atoms with van der Waals surface area (Å²) in [6, 6.07) is 5.52. The molecule has 18 heavy (non-hydrogen) atoms. The minimum absolute atomic E-state index is 0.157. The summed E-state index contributed by atoms with van der Waals surface area (Å²) in [5.41, 5.74) is 2.83. The summed E-state index contributed by atoms with van der Waals surface area (Å²) in [5, 5.41) is 11.4. The van der Waals surface area contributed by atoms with Crippen LogP contribution in [0.4, 0.5) is 0 Å². The smallest absolute Gasteiger partial charge is 0.306 e. The highest BCUT2D eigenvalue weighted by Gasteiger charge is 2.11. The van der Waals surface area contributed by atoms with Gasteiger partial charge in [0.05, 0.1) is 5.92 Å². The van der Waals surface area contributed by atoms with Crippen molar-refractivity contribution in [3.8, 4) is 0 Å². The third-order valence-electron chi connectivity index (χ3n) is 3.05. The van der Waals surface area contributed by atoms with Gasteiger partial charge in [0.15, 0.2) is 0 Å². The number of carboxylic acid groups (broad SMARTS) is 1. The van der Waals surface area contributed by atoms with Crippen molar-refractivity contribution in [1.29, 1.82) is 0 Å². The van der Waals surface area contributed by atoms with E-state index in [2.05, 4.69) is 5.32 Å². The molecule has 1 amide bonds. The first-order valence-electron chi connectivity index (χ1n) is 6.00. The first-order chi connectivity index (χ1) is 8.41. The van der Waals surface area contributed by atoms with Gasteiger partial charge in [0.1, 0.15) is 0 Å². The molecule has 0 heterocycles. The van der Waals surface area contributed by atoms with Gasteiger partial charge in [-0.05, 0) is 43.5 Å². The van der Waals surface area contributed by atoms with E-state index in [1.54, 1.807) is 13.0 Å². The van der Waals surface area contributed by atoms with Gasteiger partial charge < -0.3 is 10.4 Å². The van der Waals surface area contributed by atoms with Gasteiger partial charge in [0.25, 0.3) is 5.91 Å². The molecule has 0 radical (unpaired) electrons. The molecule has 0 saturated heterocycles. The van der Waals surface area contributed by atoms with Crippen LogP contribution < -0.4 is 5.32 Å². The number of hydrogen-bond acceptors (Lipinski definition) is 2. The summed E-state index contributed by atoms with van der Waals surface area (Å²) in [6.45, 7) is 5.95. The zero-order valence-corrected chi connectivity index (χ0v) is 11.0.